The molecule has 0 saturated heterocycles. The van der Waals surface area contributed by atoms with Crippen LogP contribution in [0.1, 0.15) is 47.0 Å². The monoisotopic (exact) mass is 257 g/mol. The van der Waals surface area contributed by atoms with Gasteiger partial charge in [-0.25, -0.2) is 0 Å². The van der Waals surface area contributed by atoms with Crippen LogP contribution < -0.4 is 5.32 Å². The minimum Gasteiger partial charge on any atom is -0.312 e. The number of hydrogen-bond donors (Lipinski definition) is 1. The molecule has 0 aliphatic rings. The maximum atomic E-state index is 3.55. The topological polar surface area (TPSA) is 18.5 Å². The van der Waals surface area contributed by atoms with E-state index in [2.05, 4.69) is 56.9 Å². The first kappa shape index (κ1) is 17.9. The summed E-state index contributed by atoms with van der Waals surface area (Å²) in [6, 6.07) is 0. The molecule has 0 amide bonds. The average Bonchev–Trinajstić information content (AvgIpc) is 2.24. The standard InChI is InChI=1S/C15H35N3/c1-7-18(14-10-12-17(5)6)13-9-8-11-16-15(2,3)4/h16H,7-14H2,1-6H3. The van der Waals surface area contributed by atoms with E-state index in [1.54, 1.807) is 0 Å². The van der Waals surface area contributed by atoms with Gasteiger partial charge in [-0.15, -0.1) is 0 Å². The Bertz CT molecular complexity index is 185. The summed E-state index contributed by atoms with van der Waals surface area (Å²) in [5.74, 6) is 0. The van der Waals surface area contributed by atoms with Crippen LogP contribution in [0.25, 0.3) is 0 Å². The SMILES string of the molecule is CCN(CCCCNC(C)(C)C)CCCN(C)C. The summed E-state index contributed by atoms with van der Waals surface area (Å²) >= 11 is 0. The second-order valence-electron chi connectivity index (χ2n) is 6.47. The highest BCUT2D eigenvalue weighted by atomic mass is 15.1. The van der Waals surface area contributed by atoms with Crippen molar-refractivity contribution in [1.82, 2.24) is 15.1 Å². The fourth-order valence-electron chi connectivity index (χ4n) is 1.96. The van der Waals surface area contributed by atoms with Crippen LogP contribution in [0.3, 0.4) is 0 Å². The van der Waals surface area contributed by atoms with Crippen LogP contribution in [0.5, 0.6) is 0 Å². The third kappa shape index (κ3) is 12.3. The maximum absolute atomic E-state index is 3.55. The highest BCUT2D eigenvalue weighted by Crippen LogP contribution is 2.01. The summed E-state index contributed by atoms with van der Waals surface area (Å²) in [5.41, 5.74) is 0.260. The Hall–Kier alpha value is -0.120. The lowest BCUT2D eigenvalue weighted by molar-refractivity contribution is 0.260. The van der Waals surface area contributed by atoms with Crippen molar-refractivity contribution in [1.29, 1.82) is 0 Å². The minimum absolute atomic E-state index is 0.260. The van der Waals surface area contributed by atoms with Gasteiger partial charge in [-0.05, 0) is 86.9 Å². The molecule has 0 aliphatic carbocycles. The van der Waals surface area contributed by atoms with E-state index in [-0.39, 0.29) is 5.54 Å². The van der Waals surface area contributed by atoms with Crippen molar-refractivity contribution in [2.75, 3.05) is 46.8 Å². The van der Waals surface area contributed by atoms with Gasteiger partial charge in [0.15, 0.2) is 0 Å². The van der Waals surface area contributed by atoms with Crippen molar-refractivity contribution in [2.24, 2.45) is 0 Å². The van der Waals surface area contributed by atoms with Gasteiger partial charge in [0, 0.05) is 5.54 Å². The van der Waals surface area contributed by atoms with Gasteiger partial charge >= 0.3 is 0 Å². The molecule has 0 spiro atoms. The van der Waals surface area contributed by atoms with Crippen molar-refractivity contribution in [3.63, 3.8) is 0 Å². The zero-order valence-electron chi connectivity index (χ0n) is 13.6. The Morgan fingerprint density at radius 3 is 2.00 bits per heavy atom. The van der Waals surface area contributed by atoms with Gasteiger partial charge in [-0.2, -0.15) is 0 Å². The Labute approximate surface area is 115 Å². The molecule has 1 N–H and O–H groups in total. The molecule has 18 heavy (non-hydrogen) atoms. The number of nitrogens with one attached hydrogen (secondary N) is 1. The molecule has 0 atom stereocenters. The molecular formula is C15H35N3. The van der Waals surface area contributed by atoms with Crippen LogP contribution >= 0.6 is 0 Å². The van der Waals surface area contributed by atoms with E-state index in [4.69, 9.17) is 0 Å². The molecule has 0 fully saturated rings. The Morgan fingerprint density at radius 1 is 0.889 bits per heavy atom. The lowest BCUT2D eigenvalue weighted by Crippen LogP contribution is -2.36. The van der Waals surface area contributed by atoms with Gasteiger partial charge in [0.05, 0.1) is 0 Å². The smallest absolute Gasteiger partial charge is 0.00965 e. The first-order valence-corrected chi connectivity index (χ1v) is 7.47. The summed E-state index contributed by atoms with van der Waals surface area (Å²) in [7, 11) is 4.29. The number of nitrogens with zero attached hydrogens (tertiary/aromatic N) is 2. The van der Waals surface area contributed by atoms with E-state index in [1.165, 1.54) is 45.4 Å². The quantitative estimate of drug-likeness (QED) is 0.606. The average molecular weight is 257 g/mol. The Balaban J connectivity index is 3.50. The molecule has 0 saturated carbocycles. The second kappa shape index (κ2) is 9.76. The van der Waals surface area contributed by atoms with E-state index < -0.39 is 0 Å². The van der Waals surface area contributed by atoms with Crippen LogP contribution in [0.15, 0.2) is 0 Å². The summed E-state index contributed by atoms with van der Waals surface area (Å²) in [6.07, 6.45) is 3.86. The molecule has 0 aromatic heterocycles. The van der Waals surface area contributed by atoms with E-state index in [0.29, 0.717) is 0 Å². The van der Waals surface area contributed by atoms with Crippen LogP contribution in [-0.2, 0) is 0 Å². The maximum Gasteiger partial charge on any atom is 0.00965 e. The van der Waals surface area contributed by atoms with Crippen molar-refractivity contribution in [2.45, 2.75) is 52.5 Å². The predicted molar refractivity (Wildman–Crippen MR) is 82.3 cm³/mol. The van der Waals surface area contributed by atoms with E-state index in [9.17, 15) is 0 Å². The highest BCUT2D eigenvalue weighted by Gasteiger charge is 2.07. The van der Waals surface area contributed by atoms with E-state index in [0.717, 1.165) is 6.54 Å². The summed E-state index contributed by atoms with van der Waals surface area (Å²) in [5, 5.41) is 3.55. The second-order valence-corrected chi connectivity index (χ2v) is 6.47. The predicted octanol–water partition coefficient (Wildman–Crippen LogP) is 2.43. The third-order valence-electron chi connectivity index (χ3n) is 3.08. The molecule has 110 valence electrons. The molecule has 0 radical (unpaired) electrons. The molecule has 3 nitrogen and oxygen atoms in total. The summed E-state index contributed by atoms with van der Waals surface area (Å²) < 4.78 is 0. The molecule has 0 bridgehead atoms. The Morgan fingerprint density at radius 2 is 1.50 bits per heavy atom. The minimum atomic E-state index is 0.260. The van der Waals surface area contributed by atoms with Gasteiger partial charge in [-0.3, -0.25) is 0 Å². The third-order valence-corrected chi connectivity index (χ3v) is 3.08. The van der Waals surface area contributed by atoms with E-state index in [1.807, 2.05) is 0 Å². The molecular weight excluding hydrogens is 222 g/mol. The number of rotatable bonds is 10. The van der Waals surface area contributed by atoms with Crippen LogP contribution in [0, 0.1) is 0 Å². The fraction of sp³-hybridized carbons (Fsp3) is 1.00. The zero-order valence-corrected chi connectivity index (χ0v) is 13.6. The van der Waals surface area contributed by atoms with Gasteiger partial charge in [-0.1, -0.05) is 6.92 Å². The largest absolute Gasteiger partial charge is 0.312 e. The normalized spacial score (nSPS) is 12.7. The van der Waals surface area contributed by atoms with Gasteiger partial charge in [0.25, 0.3) is 0 Å². The molecule has 0 aromatic rings. The Kier molecular flexibility index (Phi) is 9.70. The van der Waals surface area contributed by atoms with Crippen LogP contribution in [0.4, 0.5) is 0 Å². The molecule has 0 heterocycles. The van der Waals surface area contributed by atoms with Crippen molar-refractivity contribution in [3.8, 4) is 0 Å². The number of hydrogen-bond acceptors (Lipinski definition) is 3. The van der Waals surface area contributed by atoms with Gasteiger partial charge < -0.3 is 15.1 Å². The molecule has 0 unspecified atom stereocenters. The van der Waals surface area contributed by atoms with E-state index >= 15 is 0 Å². The first-order valence-electron chi connectivity index (χ1n) is 7.47. The van der Waals surface area contributed by atoms with Crippen LogP contribution in [-0.4, -0.2) is 62.2 Å². The molecule has 0 rings (SSSR count). The lowest BCUT2D eigenvalue weighted by atomic mass is 10.1. The summed E-state index contributed by atoms with van der Waals surface area (Å²) in [4.78, 5) is 4.83. The molecule has 0 aromatic carbocycles. The zero-order chi connectivity index (χ0) is 14.0. The summed E-state index contributed by atoms with van der Waals surface area (Å²) in [6.45, 7) is 15.0. The van der Waals surface area contributed by atoms with Crippen molar-refractivity contribution in [3.05, 3.63) is 0 Å². The van der Waals surface area contributed by atoms with Gasteiger partial charge in [0.1, 0.15) is 0 Å². The first-order chi connectivity index (χ1) is 8.35. The van der Waals surface area contributed by atoms with Crippen molar-refractivity contribution >= 4 is 0 Å². The molecule has 3 heteroatoms. The van der Waals surface area contributed by atoms with Gasteiger partial charge in [0.2, 0.25) is 0 Å². The van der Waals surface area contributed by atoms with Crippen molar-refractivity contribution < 1.29 is 0 Å². The van der Waals surface area contributed by atoms with Crippen LogP contribution in [0.2, 0.25) is 0 Å². The highest BCUT2D eigenvalue weighted by molar-refractivity contribution is 4.69. The fourth-order valence-corrected chi connectivity index (χ4v) is 1.96. The molecule has 0 aliphatic heterocycles. The lowest BCUT2D eigenvalue weighted by Gasteiger charge is -2.23. The number of unbranched alkanes of at least 4 members (excludes halogenated alkanes) is 1.